The minimum absolute atomic E-state index is 0.848. The monoisotopic (exact) mass is 356 g/mol. The molecule has 1 aromatic heterocycles. The highest BCUT2D eigenvalue weighted by molar-refractivity contribution is 6.00. The van der Waals surface area contributed by atoms with Crippen molar-refractivity contribution >= 4 is 11.7 Å². The highest BCUT2D eigenvalue weighted by Gasteiger charge is 2.11. The second kappa shape index (κ2) is 6.76. The number of amidine groups is 2. The van der Waals surface area contributed by atoms with Crippen molar-refractivity contribution in [3.8, 4) is 22.5 Å². The summed E-state index contributed by atoms with van der Waals surface area (Å²) in [5.74, 6) is 2.82. The summed E-state index contributed by atoms with van der Waals surface area (Å²) in [6, 6.07) is 18.8. The van der Waals surface area contributed by atoms with Crippen molar-refractivity contribution in [1.82, 2.24) is 10.6 Å². The fourth-order valence-electron chi connectivity index (χ4n) is 3.43. The predicted molar refractivity (Wildman–Crippen MR) is 108 cm³/mol. The molecule has 5 rings (SSSR count). The number of furan rings is 1. The molecule has 0 saturated heterocycles. The quantitative estimate of drug-likeness (QED) is 0.754. The van der Waals surface area contributed by atoms with E-state index in [1.165, 1.54) is 0 Å². The summed E-state index contributed by atoms with van der Waals surface area (Å²) in [5, 5.41) is 6.60. The largest absolute Gasteiger partial charge is 0.464 e. The Kier molecular flexibility index (Phi) is 3.98. The van der Waals surface area contributed by atoms with E-state index in [9.17, 15) is 0 Å². The van der Waals surface area contributed by atoms with Gasteiger partial charge in [0.1, 0.15) is 17.4 Å². The van der Waals surface area contributed by atoms with E-state index in [1.807, 2.05) is 6.26 Å². The summed E-state index contributed by atoms with van der Waals surface area (Å²) in [7, 11) is 0. The summed E-state index contributed by atoms with van der Waals surface area (Å²) in [6.07, 6.45) is 1.81. The van der Waals surface area contributed by atoms with Crippen LogP contribution in [0, 0.1) is 0 Å². The van der Waals surface area contributed by atoms with Gasteiger partial charge in [-0.2, -0.15) is 0 Å². The maximum Gasteiger partial charge on any atom is 0.134 e. The van der Waals surface area contributed by atoms with Gasteiger partial charge in [-0.25, -0.2) is 0 Å². The average molecular weight is 356 g/mol. The zero-order chi connectivity index (χ0) is 18.1. The lowest BCUT2D eigenvalue weighted by atomic mass is 10.0. The summed E-state index contributed by atoms with van der Waals surface area (Å²) >= 11 is 0. The molecule has 0 spiro atoms. The van der Waals surface area contributed by atoms with Gasteiger partial charge in [0.25, 0.3) is 0 Å². The van der Waals surface area contributed by atoms with Crippen molar-refractivity contribution in [2.45, 2.75) is 0 Å². The molecule has 0 amide bonds. The third-order valence-electron chi connectivity index (χ3n) is 4.88. The molecule has 3 heterocycles. The fourth-order valence-corrected chi connectivity index (χ4v) is 3.43. The highest BCUT2D eigenvalue weighted by atomic mass is 16.3. The van der Waals surface area contributed by atoms with Crippen molar-refractivity contribution in [1.29, 1.82) is 0 Å². The van der Waals surface area contributed by atoms with E-state index in [4.69, 9.17) is 4.42 Å². The molecule has 2 N–H and O–H groups in total. The number of aliphatic imine (C=N–C) groups is 2. The molecular weight excluding hydrogens is 336 g/mol. The van der Waals surface area contributed by atoms with Gasteiger partial charge in [0.15, 0.2) is 0 Å². The van der Waals surface area contributed by atoms with Gasteiger partial charge in [-0.3, -0.25) is 9.98 Å². The molecule has 2 aliphatic rings. The van der Waals surface area contributed by atoms with Crippen LogP contribution in [0.3, 0.4) is 0 Å². The molecule has 3 aromatic rings. The van der Waals surface area contributed by atoms with Crippen LogP contribution in [0.4, 0.5) is 0 Å². The third kappa shape index (κ3) is 3.12. The van der Waals surface area contributed by atoms with Crippen LogP contribution < -0.4 is 10.6 Å². The highest BCUT2D eigenvalue weighted by Crippen LogP contribution is 2.29. The Morgan fingerprint density at radius 2 is 1.15 bits per heavy atom. The normalized spacial score (nSPS) is 15.9. The first-order chi connectivity index (χ1) is 13.4. The van der Waals surface area contributed by atoms with Crippen molar-refractivity contribution in [3.63, 3.8) is 0 Å². The zero-order valence-corrected chi connectivity index (χ0v) is 14.9. The van der Waals surface area contributed by atoms with Crippen LogP contribution in [0.2, 0.25) is 0 Å². The van der Waals surface area contributed by atoms with E-state index in [1.54, 1.807) is 0 Å². The first-order valence-electron chi connectivity index (χ1n) is 9.24. The van der Waals surface area contributed by atoms with Crippen LogP contribution in [-0.2, 0) is 0 Å². The second-order valence-electron chi connectivity index (χ2n) is 6.67. The smallest absolute Gasteiger partial charge is 0.134 e. The van der Waals surface area contributed by atoms with Crippen LogP contribution in [0.15, 0.2) is 75.3 Å². The minimum Gasteiger partial charge on any atom is -0.464 e. The summed E-state index contributed by atoms with van der Waals surface area (Å²) in [4.78, 5) is 8.92. The van der Waals surface area contributed by atoms with E-state index in [0.717, 1.165) is 71.4 Å². The first kappa shape index (κ1) is 15.9. The van der Waals surface area contributed by atoms with Crippen molar-refractivity contribution in [2.75, 3.05) is 26.2 Å². The lowest BCUT2D eigenvalue weighted by Gasteiger charge is -2.03. The molecule has 0 fully saturated rings. The molecule has 2 aromatic carbocycles. The number of nitrogens with zero attached hydrogens (tertiary/aromatic N) is 2. The second-order valence-corrected chi connectivity index (χ2v) is 6.67. The molecule has 0 radical (unpaired) electrons. The predicted octanol–water partition coefficient (Wildman–Crippen LogP) is 3.31. The molecule has 0 saturated carbocycles. The number of rotatable bonds is 4. The Morgan fingerprint density at radius 1 is 0.630 bits per heavy atom. The van der Waals surface area contributed by atoms with E-state index in [2.05, 4.69) is 75.2 Å². The minimum atomic E-state index is 0.848. The topological polar surface area (TPSA) is 61.9 Å². The molecule has 0 unspecified atom stereocenters. The average Bonchev–Trinajstić information content (AvgIpc) is 3.51. The summed E-state index contributed by atoms with van der Waals surface area (Å²) in [5.41, 5.74) is 5.50. The van der Waals surface area contributed by atoms with Crippen LogP contribution >= 0.6 is 0 Å². The fraction of sp³-hybridized carbons (Fsp3) is 0.182. The van der Waals surface area contributed by atoms with Gasteiger partial charge in [0.2, 0.25) is 0 Å². The molecule has 5 nitrogen and oxygen atoms in total. The molecule has 0 bridgehead atoms. The van der Waals surface area contributed by atoms with Crippen molar-refractivity contribution < 1.29 is 4.42 Å². The Balaban J connectivity index is 1.36. The first-order valence-corrected chi connectivity index (χ1v) is 9.24. The van der Waals surface area contributed by atoms with Gasteiger partial charge in [0.05, 0.1) is 19.4 Å². The maximum atomic E-state index is 5.82. The number of hydrogen-bond acceptors (Lipinski definition) is 5. The Morgan fingerprint density at radius 3 is 1.67 bits per heavy atom. The number of benzene rings is 2. The SMILES string of the molecule is c1cc(-c2coc(-c3ccc(C4=NCCN4)cc3)c2)ccc1C1=NCCN1. The van der Waals surface area contributed by atoms with Gasteiger partial charge in [-0.1, -0.05) is 48.5 Å². The number of hydrogen-bond donors (Lipinski definition) is 2. The number of nitrogens with one attached hydrogen (secondary N) is 2. The van der Waals surface area contributed by atoms with Gasteiger partial charge in [-0.15, -0.1) is 0 Å². The lowest BCUT2D eigenvalue weighted by molar-refractivity contribution is 0.583. The van der Waals surface area contributed by atoms with Crippen LogP contribution in [-0.4, -0.2) is 37.9 Å². The standard InChI is InChI=1S/C22H20N4O/c1-5-17(21-23-9-10-24-21)6-2-15(1)19-13-20(27-14-19)16-3-7-18(8-4-16)22-25-11-12-26-22/h1-8,13-14H,9-12H2,(H,23,24)(H,25,26). The molecule has 0 atom stereocenters. The van der Waals surface area contributed by atoms with Crippen LogP contribution in [0.1, 0.15) is 11.1 Å². The molecule has 134 valence electrons. The van der Waals surface area contributed by atoms with E-state index < -0.39 is 0 Å². The summed E-state index contributed by atoms with van der Waals surface area (Å²) in [6.45, 7) is 3.54. The molecule has 2 aliphatic heterocycles. The van der Waals surface area contributed by atoms with E-state index in [0.29, 0.717) is 0 Å². The molecule has 27 heavy (non-hydrogen) atoms. The van der Waals surface area contributed by atoms with Crippen molar-refractivity contribution in [2.24, 2.45) is 9.98 Å². The van der Waals surface area contributed by atoms with Crippen LogP contribution in [0.5, 0.6) is 0 Å². The van der Waals surface area contributed by atoms with Crippen molar-refractivity contribution in [3.05, 3.63) is 72.0 Å². The van der Waals surface area contributed by atoms with Gasteiger partial charge >= 0.3 is 0 Å². The lowest BCUT2D eigenvalue weighted by Crippen LogP contribution is -2.19. The zero-order valence-electron chi connectivity index (χ0n) is 14.9. The summed E-state index contributed by atoms with van der Waals surface area (Å²) < 4.78 is 5.82. The maximum absolute atomic E-state index is 5.82. The molecule has 5 heteroatoms. The van der Waals surface area contributed by atoms with E-state index >= 15 is 0 Å². The van der Waals surface area contributed by atoms with E-state index in [-0.39, 0.29) is 0 Å². The molecular formula is C22H20N4O. The molecule has 0 aliphatic carbocycles. The Hall–Kier alpha value is -3.34. The third-order valence-corrected chi connectivity index (χ3v) is 4.88. The van der Waals surface area contributed by atoms with Gasteiger partial charge in [-0.05, 0) is 11.6 Å². The van der Waals surface area contributed by atoms with Gasteiger partial charge < -0.3 is 15.1 Å². The van der Waals surface area contributed by atoms with Crippen LogP contribution in [0.25, 0.3) is 22.5 Å². The Bertz CT molecular complexity index is 931. The van der Waals surface area contributed by atoms with Gasteiger partial charge in [0, 0.05) is 35.3 Å². The Labute approximate surface area is 157 Å².